The van der Waals surface area contributed by atoms with Crippen LogP contribution in [0.2, 0.25) is 0 Å². The van der Waals surface area contributed by atoms with E-state index in [0.29, 0.717) is 0 Å². The molecule has 3 fully saturated rings. The Morgan fingerprint density at radius 3 is 1.05 bits per heavy atom. The van der Waals surface area contributed by atoms with Gasteiger partial charge in [-0.2, -0.15) is 0 Å². The Kier molecular flexibility index (Phi) is 5.71. The summed E-state index contributed by atoms with van der Waals surface area (Å²) in [7, 11) is 0. The number of nitrogens with zero attached hydrogens (tertiary/aromatic N) is 3. The van der Waals surface area contributed by atoms with Crippen molar-refractivity contribution in [2.75, 3.05) is 78.9 Å². The third kappa shape index (κ3) is 3.22. The maximum atomic E-state index is 5.55. The summed E-state index contributed by atoms with van der Waals surface area (Å²) in [6.45, 7) is 11.2. The van der Waals surface area contributed by atoms with E-state index in [0.717, 1.165) is 78.9 Å². The molecule has 0 unspecified atom stereocenters. The third-order valence-electron chi connectivity index (χ3n) is 4.07. The minimum atomic E-state index is -1.56. The van der Waals surface area contributed by atoms with Crippen LogP contribution in [0.1, 0.15) is 0 Å². The standard InChI is InChI=1S/C12H24N3O3PSe/c20-19(13-1-7-16-8-2-13,14-3-9-17-10-4-14)15-5-11-18-12-6-15/h1-12H2. The third-order valence-corrected chi connectivity index (χ3v) is 11.8. The molecule has 0 aromatic rings. The molecule has 0 aromatic carbocycles. The molecule has 8 heteroatoms. The van der Waals surface area contributed by atoms with Gasteiger partial charge in [-0.1, -0.05) is 0 Å². The molecule has 0 atom stereocenters. The van der Waals surface area contributed by atoms with Crippen molar-refractivity contribution in [2.24, 2.45) is 0 Å². The molecule has 0 spiro atoms. The second kappa shape index (κ2) is 7.32. The van der Waals surface area contributed by atoms with Crippen LogP contribution < -0.4 is 0 Å². The van der Waals surface area contributed by atoms with E-state index in [2.05, 4.69) is 29.1 Å². The van der Waals surface area contributed by atoms with Gasteiger partial charge in [-0.25, -0.2) is 0 Å². The van der Waals surface area contributed by atoms with Crippen molar-refractivity contribution >= 4 is 21.1 Å². The molecule has 20 heavy (non-hydrogen) atoms. The van der Waals surface area contributed by atoms with Gasteiger partial charge in [0.1, 0.15) is 0 Å². The van der Waals surface area contributed by atoms with E-state index >= 15 is 0 Å². The van der Waals surface area contributed by atoms with Crippen molar-refractivity contribution < 1.29 is 14.2 Å². The van der Waals surface area contributed by atoms with Crippen molar-refractivity contribution in [1.82, 2.24) is 14.0 Å². The molecular weight excluding hydrogens is 344 g/mol. The van der Waals surface area contributed by atoms with Crippen LogP contribution in [0.3, 0.4) is 0 Å². The molecule has 116 valence electrons. The summed E-state index contributed by atoms with van der Waals surface area (Å²) in [5.41, 5.74) is 0. The van der Waals surface area contributed by atoms with Crippen molar-refractivity contribution in [3.63, 3.8) is 0 Å². The Morgan fingerprint density at radius 1 is 0.550 bits per heavy atom. The fourth-order valence-electron chi connectivity index (χ4n) is 2.98. The van der Waals surface area contributed by atoms with E-state index in [1.807, 2.05) is 0 Å². The predicted molar refractivity (Wildman–Crippen MR) is 79.9 cm³/mol. The van der Waals surface area contributed by atoms with Gasteiger partial charge in [0.2, 0.25) is 0 Å². The van der Waals surface area contributed by atoms with Gasteiger partial charge in [0, 0.05) is 0 Å². The van der Waals surface area contributed by atoms with Crippen LogP contribution >= 0.6 is 5.96 Å². The van der Waals surface area contributed by atoms with E-state index in [1.54, 1.807) is 0 Å². The first-order valence-electron chi connectivity index (χ1n) is 7.41. The Morgan fingerprint density at radius 2 is 0.800 bits per heavy atom. The summed E-state index contributed by atoms with van der Waals surface area (Å²) >= 11 is 3.62. The van der Waals surface area contributed by atoms with Crippen LogP contribution in [0.25, 0.3) is 0 Å². The Labute approximate surface area is 128 Å². The summed E-state index contributed by atoms with van der Waals surface area (Å²) in [6, 6.07) is 0. The van der Waals surface area contributed by atoms with Gasteiger partial charge in [-0.05, 0) is 0 Å². The summed E-state index contributed by atoms with van der Waals surface area (Å²) < 4.78 is 24.5. The molecule has 3 saturated heterocycles. The first-order valence-corrected chi connectivity index (χ1v) is 11.3. The van der Waals surface area contributed by atoms with Gasteiger partial charge >= 0.3 is 128 Å². The average Bonchev–Trinajstić information content (AvgIpc) is 2.56. The van der Waals surface area contributed by atoms with Gasteiger partial charge in [0.25, 0.3) is 0 Å². The molecule has 6 nitrogen and oxygen atoms in total. The number of morpholine rings is 3. The molecule has 0 saturated carbocycles. The Balaban J connectivity index is 1.81. The van der Waals surface area contributed by atoms with Crippen LogP contribution in [0, 0.1) is 0 Å². The second-order valence-corrected chi connectivity index (χ2v) is 11.0. The monoisotopic (exact) mass is 369 g/mol. The van der Waals surface area contributed by atoms with Crippen LogP contribution in [-0.2, 0) is 14.2 Å². The quantitative estimate of drug-likeness (QED) is 0.509. The molecule has 0 aromatic heterocycles. The van der Waals surface area contributed by atoms with Gasteiger partial charge < -0.3 is 0 Å². The van der Waals surface area contributed by atoms with Gasteiger partial charge in [-0.3, -0.25) is 0 Å². The van der Waals surface area contributed by atoms with Gasteiger partial charge in [0.15, 0.2) is 0 Å². The van der Waals surface area contributed by atoms with Crippen molar-refractivity contribution in [2.45, 2.75) is 0 Å². The fourth-order valence-corrected chi connectivity index (χ4v) is 9.19. The topological polar surface area (TPSA) is 37.4 Å². The predicted octanol–water partition coefficient (Wildman–Crippen LogP) is -0.171. The zero-order valence-electron chi connectivity index (χ0n) is 11.9. The summed E-state index contributed by atoms with van der Waals surface area (Å²) in [5.74, 6) is -1.56. The van der Waals surface area contributed by atoms with E-state index in [9.17, 15) is 0 Å². The zero-order valence-corrected chi connectivity index (χ0v) is 14.5. The second-order valence-electron chi connectivity index (χ2n) is 5.21. The molecule has 3 aliphatic rings. The number of rotatable bonds is 3. The normalized spacial score (nSPS) is 28.6. The average molecular weight is 368 g/mol. The molecule has 0 radical (unpaired) electrons. The molecule has 3 heterocycles. The maximum absolute atomic E-state index is 5.55. The van der Waals surface area contributed by atoms with E-state index in [-0.39, 0.29) is 0 Å². The van der Waals surface area contributed by atoms with Gasteiger partial charge in [0.05, 0.1) is 0 Å². The van der Waals surface area contributed by atoms with E-state index in [1.165, 1.54) is 0 Å². The molecule has 0 N–H and O–H groups in total. The first kappa shape index (κ1) is 15.6. The summed E-state index contributed by atoms with van der Waals surface area (Å²) in [4.78, 5) is 0. The SMILES string of the molecule is [Se]=P(N1CCOCC1)(N1CCOCC1)N1CCOCC1. The fraction of sp³-hybridized carbons (Fsp3) is 1.00. The van der Waals surface area contributed by atoms with Crippen LogP contribution in [0.4, 0.5) is 0 Å². The van der Waals surface area contributed by atoms with Crippen LogP contribution in [0.5, 0.6) is 0 Å². The minimum absolute atomic E-state index is 0.845. The number of hydrogen-bond acceptors (Lipinski definition) is 6. The Hall–Kier alpha value is 0.709. The van der Waals surface area contributed by atoms with E-state index in [4.69, 9.17) is 14.2 Å². The molecule has 0 amide bonds. The number of hydrogen-bond donors (Lipinski definition) is 0. The molecular formula is C12H24N3O3PSe. The number of ether oxygens (including phenoxy) is 3. The zero-order chi connectivity index (χ0) is 13.8. The Bertz CT molecular complexity index is 304. The van der Waals surface area contributed by atoms with Crippen LogP contribution in [-0.4, -0.2) is 108 Å². The van der Waals surface area contributed by atoms with Gasteiger partial charge in [-0.15, -0.1) is 0 Å². The molecule has 0 aliphatic carbocycles. The van der Waals surface area contributed by atoms with Crippen LogP contribution in [0.15, 0.2) is 0 Å². The van der Waals surface area contributed by atoms with E-state index < -0.39 is 5.96 Å². The van der Waals surface area contributed by atoms with Crippen molar-refractivity contribution in [3.8, 4) is 0 Å². The summed E-state index contributed by atoms with van der Waals surface area (Å²) in [5, 5.41) is 0. The first-order chi connectivity index (χ1) is 9.82. The van der Waals surface area contributed by atoms with Crippen molar-refractivity contribution in [3.05, 3.63) is 0 Å². The molecule has 3 rings (SSSR count). The molecule has 3 aliphatic heterocycles. The van der Waals surface area contributed by atoms with Crippen molar-refractivity contribution in [1.29, 1.82) is 0 Å². The summed E-state index contributed by atoms with van der Waals surface area (Å²) in [6.07, 6.45) is 0. The molecule has 0 bridgehead atoms.